The van der Waals surface area contributed by atoms with Gasteiger partial charge in [-0.25, -0.2) is 0 Å². The summed E-state index contributed by atoms with van der Waals surface area (Å²) in [5, 5.41) is 17.4. The van der Waals surface area contributed by atoms with E-state index >= 15 is 0 Å². The molecular formula is C14H15ClN2O2S. The number of primary amides is 1. The molecule has 1 unspecified atom stereocenters. The molecule has 2 rings (SSSR count). The predicted molar refractivity (Wildman–Crippen MR) is 81.0 cm³/mol. The molecule has 0 spiro atoms. The zero-order chi connectivity index (χ0) is 14.5. The second-order valence-corrected chi connectivity index (χ2v) is 5.56. The molecule has 0 radical (unpaired) electrons. The van der Waals surface area contributed by atoms with Crippen LogP contribution in [0.25, 0.3) is 0 Å². The van der Waals surface area contributed by atoms with Gasteiger partial charge in [-0.3, -0.25) is 4.79 Å². The molecule has 4 nitrogen and oxygen atoms in total. The molecule has 2 aromatic rings. The van der Waals surface area contributed by atoms with Gasteiger partial charge in [0, 0.05) is 23.7 Å². The summed E-state index contributed by atoms with van der Waals surface area (Å²) in [7, 11) is 0. The molecule has 0 bridgehead atoms. The van der Waals surface area contributed by atoms with E-state index in [9.17, 15) is 9.90 Å². The van der Waals surface area contributed by atoms with Crippen molar-refractivity contribution in [2.45, 2.75) is 12.6 Å². The highest BCUT2D eigenvalue weighted by molar-refractivity contribution is 7.07. The maximum atomic E-state index is 11.0. The van der Waals surface area contributed by atoms with E-state index in [0.717, 1.165) is 11.1 Å². The number of nitrogens with one attached hydrogen (secondary N) is 1. The van der Waals surface area contributed by atoms with E-state index in [1.54, 1.807) is 29.5 Å². The number of amides is 1. The summed E-state index contributed by atoms with van der Waals surface area (Å²) >= 11 is 7.63. The number of rotatable bonds is 6. The Kier molecular flexibility index (Phi) is 5.14. The van der Waals surface area contributed by atoms with Crippen molar-refractivity contribution in [2.24, 2.45) is 5.73 Å². The third-order valence-corrected chi connectivity index (χ3v) is 3.97. The fourth-order valence-electron chi connectivity index (χ4n) is 1.77. The van der Waals surface area contributed by atoms with Crippen LogP contribution < -0.4 is 11.1 Å². The third kappa shape index (κ3) is 3.80. The zero-order valence-corrected chi connectivity index (χ0v) is 12.2. The number of aliphatic hydroxyl groups excluding tert-OH is 1. The summed E-state index contributed by atoms with van der Waals surface area (Å²) in [5.41, 5.74) is 7.32. The number of hydrogen-bond acceptors (Lipinski definition) is 4. The summed E-state index contributed by atoms with van der Waals surface area (Å²) in [4.78, 5) is 11.0. The first kappa shape index (κ1) is 15.0. The lowest BCUT2D eigenvalue weighted by Crippen LogP contribution is -2.21. The topological polar surface area (TPSA) is 75.4 Å². The molecule has 106 valence electrons. The molecule has 4 N–H and O–H groups in total. The number of hydrogen-bond donors (Lipinski definition) is 3. The quantitative estimate of drug-likeness (QED) is 0.766. The molecule has 0 saturated heterocycles. The summed E-state index contributed by atoms with van der Waals surface area (Å²) in [6.45, 7) is 0.948. The monoisotopic (exact) mass is 310 g/mol. The van der Waals surface area contributed by atoms with Gasteiger partial charge < -0.3 is 16.2 Å². The molecule has 1 aromatic carbocycles. The number of aliphatic hydroxyl groups is 1. The lowest BCUT2D eigenvalue weighted by molar-refractivity contribution is 0.100. The average Bonchev–Trinajstić information content (AvgIpc) is 2.94. The molecule has 1 heterocycles. The van der Waals surface area contributed by atoms with Gasteiger partial charge in [0.25, 0.3) is 0 Å². The van der Waals surface area contributed by atoms with Gasteiger partial charge in [-0.15, -0.1) is 0 Å². The van der Waals surface area contributed by atoms with Gasteiger partial charge in [0.1, 0.15) is 0 Å². The highest BCUT2D eigenvalue weighted by Gasteiger charge is 2.09. The molecule has 0 saturated carbocycles. The fourth-order valence-corrected chi connectivity index (χ4v) is 2.72. The van der Waals surface area contributed by atoms with Crippen LogP contribution in [0.5, 0.6) is 0 Å². The molecule has 1 amide bonds. The Balaban J connectivity index is 1.90. The van der Waals surface area contributed by atoms with E-state index < -0.39 is 12.0 Å². The second-order valence-electron chi connectivity index (χ2n) is 4.37. The van der Waals surface area contributed by atoms with Crippen molar-refractivity contribution >= 4 is 28.8 Å². The summed E-state index contributed by atoms with van der Waals surface area (Å²) in [6, 6.07) is 6.84. The number of thiophene rings is 1. The third-order valence-electron chi connectivity index (χ3n) is 2.92. The molecule has 1 atom stereocenters. The van der Waals surface area contributed by atoms with Crippen LogP contribution in [0.4, 0.5) is 0 Å². The minimum absolute atomic E-state index is 0.386. The summed E-state index contributed by atoms with van der Waals surface area (Å²) in [6.07, 6.45) is -0.537. The van der Waals surface area contributed by atoms with Gasteiger partial charge in [-0.05, 0) is 40.1 Å². The molecule has 1 aromatic heterocycles. The van der Waals surface area contributed by atoms with Crippen LogP contribution >= 0.6 is 22.9 Å². The largest absolute Gasteiger partial charge is 0.387 e. The zero-order valence-electron chi connectivity index (χ0n) is 10.7. The minimum atomic E-state index is -0.537. The van der Waals surface area contributed by atoms with Crippen molar-refractivity contribution in [1.82, 2.24) is 5.32 Å². The van der Waals surface area contributed by atoms with Gasteiger partial charge in [0.2, 0.25) is 5.91 Å². The molecule has 0 aliphatic heterocycles. The summed E-state index contributed by atoms with van der Waals surface area (Å²) in [5.74, 6) is -0.501. The van der Waals surface area contributed by atoms with E-state index in [4.69, 9.17) is 17.3 Å². The van der Waals surface area contributed by atoms with Crippen LogP contribution in [0.15, 0.2) is 35.0 Å². The smallest absolute Gasteiger partial charge is 0.248 e. The Morgan fingerprint density at radius 2 is 2.25 bits per heavy atom. The maximum Gasteiger partial charge on any atom is 0.248 e. The van der Waals surface area contributed by atoms with Gasteiger partial charge in [0.15, 0.2) is 0 Å². The molecule has 0 fully saturated rings. The fraction of sp³-hybridized carbons (Fsp3) is 0.214. The lowest BCUT2D eigenvalue weighted by atomic mass is 10.1. The number of carbonyl (C=O) groups is 1. The van der Waals surface area contributed by atoms with E-state index in [1.807, 2.05) is 16.8 Å². The first-order valence-corrected chi connectivity index (χ1v) is 7.39. The van der Waals surface area contributed by atoms with Crippen LogP contribution in [0.1, 0.15) is 27.6 Å². The van der Waals surface area contributed by atoms with Crippen molar-refractivity contribution in [3.63, 3.8) is 0 Å². The van der Waals surface area contributed by atoms with Gasteiger partial charge in [-0.1, -0.05) is 17.7 Å². The van der Waals surface area contributed by atoms with E-state index in [-0.39, 0.29) is 0 Å². The van der Waals surface area contributed by atoms with E-state index in [2.05, 4.69) is 5.32 Å². The number of nitrogens with two attached hydrogens (primary N) is 1. The standard InChI is InChI=1S/C14H15ClN2O2S/c15-12-5-9(14(16)19)1-2-10(12)6-17-7-13(18)11-3-4-20-8-11/h1-5,8,13,17-18H,6-7H2,(H2,16,19). The van der Waals surface area contributed by atoms with Gasteiger partial charge >= 0.3 is 0 Å². The highest BCUT2D eigenvalue weighted by Crippen LogP contribution is 2.19. The minimum Gasteiger partial charge on any atom is -0.387 e. The van der Waals surface area contributed by atoms with Crippen LogP contribution in [0, 0.1) is 0 Å². The Labute approximate surface area is 126 Å². The predicted octanol–water partition coefficient (Wildman–Crippen LogP) is 2.32. The average molecular weight is 311 g/mol. The van der Waals surface area contributed by atoms with Gasteiger partial charge in [0.05, 0.1) is 6.10 Å². The van der Waals surface area contributed by atoms with Crippen LogP contribution in [0.3, 0.4) is 0 Å². The normalized spacial score (nSPS) is 12.3. The summed E-state index contributed by atoms with van der Waals surface area (Å²) < 4.78 is 0. The number of carbonyl (C=O) groups excluding carboxylic acids is 1. The van der Waals surface area contributed by atoms with Crippen LogP contribution in [-0.4, -0.2) is 17.6 Å². The highest BCUT2D eigenvalue weighted by atomic mass is 35.5. The SMILES string of the molecule is NC(=O)c1ccc(CNCC(O)c2ccsc2)c(Cl)c1. The first-order chi connectivity index (χ1) is 9.58. The van der Waals surface area contributed by atoms with Crippen LogP contribution in [-0.2, 0) is 6.54 Å². The van der Waals surface area contributed by atoms with E-state index in [0.29, 0.717) is 23.7 Å². The molecular weight excluding hydrogens is 296 g/mol. The van der Waals surface area contributed by atoms with Crippen molar-refractivity contribution in [2.75, 3.05) is 6.54 Å². The van der Waals surface area contributed by atoms with Crippen molar-refractivity contribution in [3.05, 3.63) is 56.7 Å². The molecule has 0 aliphatic carbocycles. The first-order valence-electron chi connectivity index (χ1n) is 6.07. The second kappa shape index (κ2) is 6.85. The molecule has 0 aliphatic rings. The van der Waals surface area contributed by atoms with Gasteiger partial charge in [-0.2, -0.15) is 11.3 Å². The van der Waals surface area contributed by atoms with Crippen LogP contribution in [0.2, 0.25) is 5.02 Å². The number of halogens is 1. The number of benzene rings is 1. The van der Waals surface area contributed by atoms with Crippen molar-refractivity contribution in [3.8, 4) is 0 Å². The lowest BCUT2D eigenvalue weighted by Gasteiger charge is -2.11. The molecule has 6 heteroatoms. The Bertz CT molecular complexity index is 587. The van der Waals surface area contributed by atoms with Crippen molar-refractivity contribution in [1.29, 1.82) is 0 Å². The maximum absolute atomic E-state index is 11.0. The van der Waals surface area contributed by atoms with Crippen molar-refractivity contribution < 1.29 is 9.90 Å². The Morgan fingerprint density at radius 3 is 2.85 bits per heavy atom. The van der Waals surface area contributed by atoms with E-state index in [1.165, 1.54) is 0 Å². The Hall–Kier alpha value is -1.40. The Morgan fingerprint density at radius 1 is 1.45 bits per heavy atom. The molecule has 20 heavy (non-hydrogen) atoms.